The summed E-state index contributed by atoms with van der Waals surface area (Å²) >= 11 is 0. The number of carbonyl (C=O) groups is 1. The molecule has 3 fully saturated rings. The van der Waals surface area contributed by atoms with Gasteiger partial charge in [-0.2, -0.15) is 4.98 Å². The molecule has 2 N–H and O–H groups in total. The molecule has 25 heavy (non-hydrogen) atoms. The number of rotatable bonds is 2. The van der Waals surface area contributed by atoms with E-state index in [9.17, 15) is 4.79 Å². The number of nitrogens with zero attached hydrogens (tertiary/aromatic N) is 3. The van der Waals surface area contributed by atoms with Crippen molar-refractivity contribution in [2.24, 2.45) is 17.3 Å². The Morgan fingerprint density at radius 3 is 2.44 bits per heavy atom. The minimum atomic E-state index is -0.0000614. The number of fused-ring (bicyclic) bond motifs is 2. The van der Waals surface area contributed by atoms with E-state index in [0.29, 0.717) is 45.5 Å². The van der Waals surface area contributed by atoms with Crippen LogP contribution in [-0.2, 0) is 5.41 Å². The predicted octanol–water partition coefficient (Wildman–Crippen LogP) is 2.89. The van der Waals surface area contributed by atoms with Gasteiger partial charge in [0.1, 0.15) is 17.4 Å². The highest BCUT2D eigenvalue weighted by Crippen LogP contribution is 2.62. The third kappa shape index (κ3) is 1.94. The molecule has 1 saturated heterocycles. The highest BCUT2D eigenvalue weighted by molar-refractivity contribution is 6.09. The molecule has 1 amide bonds. The van der Waals surface area contributed by atoms with Gasteiger partial charge in [0.05, 0.1) is 10.9 Å². The number of furan rings is 1. The van der Waals surface area contributed by atoms with Gasteiger partial charge in [0.15, 0.2) is 0 Å². The molecular formula is C19H24N4O2. The number of hydrogen-bond donors (Lipinski definition) is 1. The Hall–Kier alpha value is -2.11. The van der Waals surface area contributed by atoms with Gasteiger partial charge in [0.2, 0.25) is 5.71 Å². The summed E-state index contributed by atoms with van der Waals surface area (Å²) in [4.78, 5) is 24.1. The lowest BCUT2D eigenvalue weighted by Gasteiger charge is -2.22. The highest BCUT2D eigenvalue weighted by atomic mass is 16.3. The first-order valence-corrected chi connectivity index (χ1v) is 9.09. The fourth-order valence-electron chi connectivity index (χ4n) is 4.53. The van der Waals surface area contributed by atoms with Gasteiger partial charge in [-0.3, -0.25) is 4.79 Å². The minimum absolute atomic E-state index is 0.0000614. The first kappa shape index (κ1) is 15.2. The maximum Gasteiger partial charge on any atom is 0.258 e. The molecule has 0 radical (unpaired) electrons. The van der Waals surface area contributed by atoms with Crippen LogP contribution in [0.15, 0.2) is 4.42 Å². The smallest absolute Gasteiger partial charge is 0.258 e. The van der Waals surface area contributed by atoms with Gasteiger partial charge in [0.25, 0.3) is 5.91 Å². The molecule has 6 nitrogen and oxygen atoms in total. The summed E-state index contributed by atoms with van der Waals surface area (Å²) in [5.74, 6) is 2.90. The molecule has 2 unspecified atom stereocenters. The van der Waals surface area contributed by atoms with Crippen LogP contribution in [0.5, 0.6) is 0 Å². The Labute approximate surface area is 146 Å². The molecule has 2 aromatic heterocycles. The number of anilines is 1. The van der Waals surface area contributed by atoms with E-state index < -0.39 is 0 Å². The second kappa shape index (κ2) is 4.34. The number of nitrogens with two attached hydrogens (primary N) is 1. The second-order valence-electron chi connectivity index (χ2n) is 8.95. The lowest BCUT2D eigenvalue weighted by molar-refractivity contribution is 0.0758. The maximum absolute atomic E-state index is 13.1. The molecule has 2 aromatic rings. The van der Waals surface area contributed by atoms with E-state index in [1.165, 1.54) is 0 Å². The largest absolute Gasteiger partial charge is 0.442 e. The summed E-state index contributed by atoms with van der Waals surface area (Å²) in [6.45, 7) is 10.2. The van der Waals surface area contributed by atoms with Crippen molar-refractivity contribution in [3.63, 3.8) is 0 Å². The molecule has 6 heteroatoms. The van der Waals surface area contributed by atoms with Gasteiger partial charge < -0.3 is 15.1 Å². The Balaban J connectivity index is 1.53. The lowest BCUT2D eigenvalue weighted by atomic mass is 10.1. The Morgan fingerprint density at radius 2 is 1.84 bits per heavy atom. The zero-order valence-corrected chi connectivity index (χ0v) is 15.2. The highest BCUT2D eigenvalue weighted by Gasteiger charge is 2.62. The molecule has 132 valence electrons. The van der Waals surface area contributed by atoms with Crippen molar-refractivity contribution in [1.82, 2.24) is 14.9 Å². The molecule has 2 atom stereocenters. The van der Waals surface area contributed by atoms with Crippen LogP contribution in [0.3, 0.4) is 0 Å². The SMILES string of the molecule is Cc1oc2nc(C3(C)CC3)nc(N)c2c1C(=O)N1CC2C(C1)C2(C)C. The predicted molar refractivity (Wildman–Crippen MR) is 94.2 cm³/mol. The van der Waals surface area contributed by atoms with Crippen molar-refractivity contribution < 1.29 is 9.21 Å². The average molecular weight is 340 g/mol. The van der Waals surface area contributed by atoms with Gasteiger partial charge in [-0.1, -0.05) is 20.8 Å². The van der Waals surface area contributed by atoms with E-state index in [-0.39, 0.29) is 11.3 Å². The Kier molecular flexibility index (Phi) is 2.64. The first-order chi connectivity index (χ1) is 11.7. The number of aryl methyl sites for hydroxylation is 1. The summed E-state index contributed by atoms with van der Waals surface area (Å²) in [7, 11) is 0. The van der Waals surface area contributed by atoms with Gasteiger partial charge in [-0.25, -0.2) is 4.98 Å². The molecule has 2 saturated carbocycles. The third-order valence-corrected chi connectivity index (χ3v) is 6.92. The molecule has 1 aliphatic heterocycles. The summed E-state index contributed by atoms with van der Waals surface area (Å²) in [5, 5.41) is 0.579. The van der Waals surface area contributed by atoms with Crippen molar-refractivity contribution in [1.29, 1.82) is 0 Å². The number of nitrogen functional groups attached to an aromatic ring is 1. The molecule has 3 aliphatic rings. The molecule has 0 bridgehead atoms. The van der Waals surface area contributed by atoms with Crippen LogP contribution >= 0.6 is 0 Å². The van der Waals surface area contributed by atoms with Crippen LogP contribution in [0.2, 0.25) is 0 Å². The fourth-order valence-corrected chi connectivity index (χ4v) is 4.53. The zero-order chi connectivity index (χ0) is 17.7. The summed E-state index contributed by atoms with van der Waals surface area (Å²) < 4.78 is 5.82. The zero-order valence-electron chi connectivity index (χ0n) is 15.2. The molecule has 0 spiro atoms. The Morgan fingerprint density at radius 1 is 1.20 bits per heavy atom. The maximum atomic E-state index is 13.1. The number of amides is 1. The Bertz CT molecular complexity index is 911. The number of aromatic nitrogens is 2. The number of likely N-dealkylation sites (tertiary alicyclic amines) is 1. The van der Waals surface area contributed by atoms with Crippen LogP contribution in [-0.4, -0.2) is 33.9 Å². The van der Waals surface area contributed by atoms with Crippen LogP contribution in [0, 0.1) is 24.2 Å². The van der Waals surface area contributed by atoms with E-state index in [4.69, 9.17) is 10.2 Å². The van der Waals surface area contributed by atoms with E-state index in [2.05, 4.69) is 30.7 Å². The first-order valence-electron chi connectivity index (χ1n) is 9.09. The standard InChI is InChI=1S/C19H24N4O2/c1-9-12(16(24)23-7-10-11(8-23)18(10,2)3)13-14(20)21-17(19(4)5-6-19)22-15(13)25-9/h10-11H,5-8H2,1-4H3,(H2,20,21,22). The number of carbonyl (C=O) groups excluding carboxylic acids is 1. The third-order valence-electron chi connectivity index (χ3n) is 6.92. The van der Waals surface area contributed by atoms with Gasteiger partial charge >= 0.3 is 0 Å². The molecule has 0 aromatic carbocycles. The normalized spacial score (nSPS) is 28.2. The topological polar surface area (TPSA) is 85.2 Å². The van der Waals surface area contributed by atoms with Crippen molar-refractivity contribution >= 4 is 22.8 Å². The van der Waals surface area contributed by atoms with Crippen LogP contribution in [0.4, 0.5) is 5.82 Å². The lowest BCUT2D eigenvalue weighted by Crippen LogP contribution is -2.33. The average Bonchev–Trinajstić information content (AvgIpc) is 3.22. The molecule has 2 aliphatic carbocycles. The van der Waals surface area contributed by atoms with Crippen molar-refractivity contribution in [3.05, 3.63) is 17.1 Å². The van der Waals surface area contributed by atoms with Crippen LogP contribution in [0.25, 0.3) is 11.1 Å². The van der Waals surface area contributed by atoms with E-state index in [1.54, 1.807) is 0 Å². The van der Waals surface area contributed by atoms with Gasteiger partial charge in [-0.15, -0.1) is 0 Å². The van der Waals surface area contributed by atoms with E-state index in [1.807, 2.05) is 11.8 Å². The number of piperidine rings is 1. The summed E-state index contributed by atoms with van der Waals surface area (Å²) in [5.41, 5.74) is 7.60. The monoisotopic (exact) mass is 340 g/mol. The molecular weight excluding hydrogens is 316 g/mol. The second-order valence-corrected chi connectivity index (χ2v) is 8.95. The van der Waals surface area contributed by atoms with Gasteiger partial charge in [-0.05, 0) is 37.0 Å². The molecule has 3 heterocycles. The van der Waals surface area contributed by atoms with Gasteiger partial charge in [0, 0.05) is 18.5 Å². The molecule has 5 rings (SSSR count). The summed E-state index contributed by atoms with van der Waals surface area (Å²) in [6.07, 6.45) is 2.13. The minimum Gasteiger partial charge on any atom is -0.442 e. The van der Waals surface area contributed by atoms with Crippen molar-refractivity contribution in [2.75, 3.05) is 18.8 Å². The van der Waals surface area contributed by atoms with Crippen molar-refractivity contribution in [2.45, 2.75) is 46.0 Å². The fraction of sp³-hybridized carbons (Fsp3) is 0.632. The van der Waals surface area contributed by atoms with E-state index in [0.717, 1.165) is 31.8 Å². The van der Waals surface area contributed by atoms with Crippen LogP contribution in [0.1, 0.15) is 55.6 Å². The number of hydrogen-bond acceptors (Lipinski definition) is 5. The van der Waals surface area contributed by atoms with Crippen molar-refractivity contribution in [3.8, 4) is 0 Å². The quantitative estimate of drug-likeness (QED) is 0.908. The van der Waals surface area contributed by atoms with E-state index >= 15 is 0 Å². The van der Waals surface area contributed by atoms with Crippen LogP contribution < -0.4 is 5.73 Å². The summed E-state index contributed by atoms with van der Waals surface area (Å²) in [6, 6.07) is 0.